The van der Waals surface area contributed by atoms with E-state index in [1.807, 2.05) is 17.0 Å². The first kappa shape index (κ1) is 19.8. The highest BCUT2D eigenvalue weighted by Gasteiger charge is 2.23. The second-order valence-corrected chi connectivity index (χ2v) is 8.34. The molecule has 1 saturated heterocycles. The van der Waals surface area contributed by atoms with E-state index in [4.69, 9.17) is 11.6 Å². The maximum absolute atomic E-state index is 13.1. The van der Waals surface area contributed by atoms with Crippen molar-refractivity contribution >= 4 is 34.0 Å². The summed E-state index contributed by atoms with van der Waals surface area (Å²) in [5.74, 6) is -0.279. The lowest BCUT2D eigenvalue weighted by Crippen LogP contribution is -2.35. The third-order valence-corrected chi connectivity index (χ3v) is 6.20. The third kappa shape index (κ3) is 4.74. The molecule has 8 heteroatoms. The summed E-state index contributed by atoms with van der Waals surface area (Å²) >= 11 is 7.73. The molecule has 2 aromatic carbocycles. The molecule has 0 radical (unpaired) electrons. The lowest BCUT2D eigenvalue weighted by atomic mass is 10.2. The smallest absolute Gasteiger partial charge is 0.255 e. The van der Waals surface area contributed by atoms with Crippen LogP contribution in [0, 0.1) is 5.82 Å². The summed E-state index contributed by atoms with van der Waals surface area (Å²) in [4.78, 5) is 16.8. The summed E-state index contributed by atoms with van der Waals surface area (Å²) < 4.78 is 13.1. The highest BCUT2D eigenvalue weighted by atomic mass is 35.5. The zero-order valence-corrected chi connectivity index (χ0v) is 17.3. The Morgan fingerprint density at radius 1 is 1.03 bits per heavy atom. The number of hydrogen-bond donors (Lipinski definition) is 0. The van der Waals surface area contributed by atoms with Crippen molar-refractivity contribution < 1.29 is 9.18 Å². The van der Waals surface area contributed by atoms with Gasteiger partial charge in [0.1, 0.15) is 10.8 Å². The molecule has 150 valence electrons. The summed E-state index contributed by atoms with van der Waals surface area (Å²) in [6, 6.07) is 13.6. The van der Waals surface area contributed by atoms with Crippen molar-refractivity contribution in [3.05, 3.63) is 75.5 Å². The third-order valence-electron chi connectivity index (χ3n) is 4.88. The van der Waals surface area contributed by atoms with Gasteiger partial charge in [0.15, 0.2) is 0 Å². The molecule has 3 aromatic rings. The van der Waals surface area contributed by atoms with Crippen LogP contribution in [-0.4, -0.2) is 47.2 Å². The van der Waals surface area contributed by atoms with Crippen LogP contribution in [0.15, 0.2) is 48.5 Å². The van der Waals surface area contributed by atoms with Gasteiger partial charge < -0.3 is 9.80 Å². The van der Waals surface area contributed by atoms with Crippen molar-refractivity contribution in [2.75, 3.05) is 31.1 Å². The van der Waals surface area contributed by atoms with E-state index in [0.717, 1.165) is 28.7 Å². The van der Waals surface area contributed by atoms with Crippen molar-refractivity contribution in [3.8, 4) is 0 Å². The quantitative estimate of drug-likeness (QED) is 0.620. The molecule has 4 rings (SSSR count). The minimum absolute atomic E-state index is 0.0355. The molecule has 0 aliphatic carbocycles. The molecule has 0 atom stereocenters. The molecular weight excluding hydrogens is 411 g/mol. The van der Waals surface area contributed by atoms with E-state index >= 15 is 0 Å². The number of nitrogens with zero attached hydrogens (tertiary/aromatic N) is 4. The SMILES string of the molecule is O=C(c1ccccc1Cl)N1CCCN(c2nnc(Cc3ccc(F)cc3)s2)CC1. The Hall–Kier alpha value is -2.51. The van der Waals surface area contributed by atoms with E-state index in [0.29, 0.717) is 36.6 Å². The molecule has 1 fully saturated rings. The molecule has 2 heterocycles. The highest BCUT2D eigenvalue weighted by molar-refractivity contribution is 7.15. The second kappa shape index (κ2) is 8.88. The first-order chi connectivity index (χ1) is 14.1. The van der Waals surface area contributed by atoms with Crippen LogP contribution in [-0.2, 0) is 6.42 Å². The maximum Gasteiger partial charge on any atom is 0.255 e. The number of carbonyl (C=O) groups excluding carboxylic acids is 1. The Morgan fingerprint density at radius 2 is 1.83 bits per heavy atom. The number of amides is 1. The predicted octanol–water partition coefficient (Wildman–Crippen LogP) is 4.27. The normalized spacial score (nSPS) is 14.7. The maximum atomic E-state index is 13.1. The van der Waals surface area contributed by atoms with Gasteiger partial charge in [-0.2, -0.15) is 0 Å². The monoisotopic (exact) mass is 430 g/mol. The van der Waals surface area contributed by atoms with Crippen LogP contribution < -0.4 is 4.90 Å². The topological polar surface area (TPSA) is 49.3 Å². The fourth-order valence-electron chi connectivity index (χ4n) is 3.34. The average molecular weight is 431 g/mol. The zero-order valence-electron chi connectivity index (χ0n) is 15.7. The Morgan fingerprint density at radius 3 is 2.62 bits per heavy atom. The summed E-state index contributed by atoms with van der Waals surface area (Å²) in [6.45, 7) is 2.80. The first-order valence-electron chi connectivity index (χ1n) is 9.46. The molecule has 1 aliphatic heterocycles. The Bertz CT molecular complexity index is 994. The van der Waals surface area contributed by atoms with Gasteiger partial charge in [0, 0.05) is 32.6 Å². The van der Waals surface area contributed by atoms with Gasteiger partial charge in [-0.25, -0.2) is 4.39 Å². The first-order valence-corrected chi connectivity index (χ1v) is 10.6. The van der Waals surface area contributed by atoms with E-state index in [9.17, 15) is 9.18 Å². The average Bonchev–Trinajstić information content (AvgIpc) is 3.04. The number of hydrogen-bond acceptors (Lipinski definition) is 5. The minimum Gasteiger partial charge on any atom is -0.345 e. The number of halogens is 2. The van der Waals surface area contributed by atoms with E-state index in [2.05, 4.69) is 15.1 Å². The minimum atomic E-state index is -0.243. The number of anilines is 1. The van der Waals surface area contributed by atoms with Gasteiger partial charge in [-0.1, -0.05) is 47.2 Å². The van der Waals surface area contributed by atoms with E-state index in [1.54, 1.807) is 35.6 Å². The predicted molar refractivity (Wildman–Crippen MR) is 113 cm³/mol. The van der Waals surface area contributed by atoms with Crippen LogP contribution in [0.5, 0.6) is 0 Å². The fraction of sp³-hybridized carbons (Fsp3) is 0.286. The standard InChI is InChI=1S/C21H20ClFN4OS/c22-18-5-2-1-4-17(18)20(28)26-10-3-11-27(13-12-26)21-25-24-19(29-21)14-15-6-8-16(23)9-7-15/h1-2,4-9H,3,10-14H2. The lowest BCUT2D eigenvalue weighted by molar-refractivity contribution is 0.0767. The molecule has 29 heavy (non-hydrogen) atoms. The molecule has 1 amide bonds. The fourth-order valence-corrected chi connectivity index (χ4v) is 4.48. The lowest BCUT2D eigenvalue weighted by Gasteiger charge is -2.22. The molecule has 0 saturated carbocycles. The van der Waals surface area contributed by atoms with E-state index in [1.165, 1.54) is 12.1 Å². The van der Waals surface area contributed by atoms with Gasteiger partial charge in [-0.15, -0.1) is 10.2 Å². The van der Waals surface area contributed by atoms with Crippen LogP contribution in [0.2, 0.25) is 5.02 Å². The van der Waals surface area contributed by atoms with Crippen LogP contribution in [0.25, 0.3) is 0 Å². The van der Waals surface area contributed by atoms with Crippen molar-refractivity contribution in [1.82, 2.24) is 15.1 Å². The number of aromatic nitrogens is 2. The van der Waals surface area contributed by atoms with Crippen LogP contribution in [0.3, 0.4) is 0 Å². The van der Waals surface area contributed by atoms with Crippen LogP contribution >= 0.6 is 22.9 Å². The Labute approximate surface area is 177 Å². The van der Waals surface area contributed by atoms with Gasteiger partial charge in [0.25, 0.3) is 5.91 Å². The number of rotatable bonds is 4. The second-order valence-electron chi connectivity index (χ2n) is 6.89. The molecular formula is C21H20ClFN4OS. The molecule has 0 spiro atoms. The van der Waals surface area contributed by atoms with Gasteiger partial charge in [0.2, 0.25) is 5.13 Å². The summed E-state index contributed by atoms with van der Waals surface area (Å²) in [7, 11) is 0. The van der Waals surface area contributed by atoms with Gasteiger partial charge in [-0.05, 0) is 36.2 Å². The molecule has 0 unspecified atom stereocenters. The van der Waals surface area contributed by atoms with Crippen molar-refractivity contribution in [2.45, 2.75) is 12.8 Å². The summed E-state index contributed by atoms with van der Waals surface area (Å²) in [5.41, 5.74) is 1.54. The molecule has 1 aromatic heterocycles. The number of benzene rings is 2. The largest absolute Gasteiger partial charge is 0.345 e. The number of carbonyl (C=O) groups is 1. The van der Waals surface area contributed by atoms with Gasteiger partial charge >= 0.3 is 0 Å². The van der Waals surface area contributed by atoms with Crippen molar-refractivity contribution in [2.24, 2.45) is 0 Å². The molecule has 5 nitrogen and oxygen atoms in total. The van der Waals surface area contributed by atoms with Crippen molar-refractivity contribution in [1.29, 1.82) is 0 Å². The van der Waals surface area contributed by atoms with E-state index < -0.39 is 0 Å². The van der Waals surface area contributed by atoms with Crippen molar-refractivity contribution in [3.63, 3.8) is 0 Å². The highest BCUT2D eigenvalue weighted by Crippen LogP contribution is 2.24. The summed E-state index contributed by atoms with van der Waals surface area (Å²) in [6.07, 6.45) is 1.48. The molecule has 1 aliphatic rings. The molecule has 0 N–H and O–H groups in total. The molecule has 0 bridgehead atoms. The Kier molecular flexibility index (Phi) is 6.06. The summed E-state index contributed by atoms with van der Waals surface area (Å²) in [5, 5.41) is 10.8. The Balaban J connectivity index is 1.40. The van der Waals surface area contributed by atoms with Crippen LogP contribution in [0.1, 0.15) is 27.3 Å². The zero-order chi connectivity index (χ0) is 20.2. The van der Waals surface area contributed by atoms with Gasteiger partial charge in [-0.3, -0.25) is 4.79 Å². The van der Waals surface area contributed by atoms with E-state index in [-0.39, 0.29) is 11.7 Å². The van der Waals surface area contributed by atoms with Crippen LogP contribution in [0.4, 0.5) is 9.52 Å². The van der Waals surface area contributed by atoms with Gasteiger partial charge in [0.05, 0.1) is 10.6 Å².